The molecule has 1 aliphatic rings. The SMILES string of the molecule is CCCCN1CCC(NC(=NCc2cccc(OC)c2O)NCC)CC1. The first-order valence-electron chi connectivity index (χ1n) is 9.80. The van der Waals surface area contributed by atoms with Crippen molar-refractivity contribution in [1.29, 1.82) is 0 Å². The number of phenols is 1. The Kier molecular flexibility index (Phi) is 8.54. The van der Waals surface area contributed by atoms with E-state index in [-0.39, 0.29) is 5.75 Å². The number of methoxy groups -OCH3 is 1. The Labute approximate surface area is 157 Å². The fourth-order valence-corrected chi connectivity index (χ4v) is 3.22. The van der Waals surface area contributed by atoms with Gasteiger partial charge >= 0.3 is 0 Å². The maximum absolute atomic E-state index is 10.2. The molecule has 0 saturated carbocycles. The lowest BCUT2D eigenvalue weighted by Gasteiger charge is -2.33. The molecule has 26 heavy (non-hydrogen) atoms. The minimum absolute atomic E-state index is 0.166. The molecule has 1 heterocycles. The second-order valence-corrected chi connectivity index (χ2v) is 6.78. The van der Waals surface area contributed by atoms with Crippen molar-refractivity contribution >= 4 is 5.96 Å². The average molecular weight is 363 g/mol. The molecule has 3 N–H and O–H groups in total. The maximum Gasteiger partial charge on any atom is 0.191 e. The van der Waals surface area contributed by atoms with E-state index >= 15 is 0 Å². The quantitative estimate of drug-likeness (QED) is 0.490. The van der Waals surface area contributed by atoms with Crippen molar-refractivity contribution in [2.75, 3.05) is 33.3 Å². The number of hydrogen-bond acceptors (Lipinski definition) is 4. The first-order valence-corrected chi connectivity index (χ1v) is 9.80. The number of para-hydroxylation sites is 1. The lowest BCUT2D eigenvalue weighted by molar-refractivity contribution is 0.203. The summed E-state index contributed by atoms with van der Waals surface area (Å²) in [6.45, 7) is 9.04. The van der Waals surface area contributed by atoms with Gasteiger partial charge in [0.15, 0.2) is 17.5 Å². The van der Waals surface area contributed by atoms with Gasteiger partial charge in [0.2, 0.25) is 0 Å². The van der Waals surface area contributed by atoms with E-state index in [0.717, 1.165) is 44.0 Å². The molecule has 0 radical (unpaired) electrons. The van der Waals surface area contributed by atoms with Crippen LogP contribution in [0, 0.1) is 0 Å². The Balaban J connectivity index is 1.91. The van der Waals surface area contributed by atoms with Gasteiger partial charge in [0.1, 0.15) is 0 Å². The molecule has 0 atom stereocenters. The third-order valence-corrected chi connectivity index (χ3v) is 4.81. The minimum Gasteiger partial charge on any atom is -0.504 e. The van der Waals surface area contributed by atoms with Gasteiger partial charge in [-0.2, -0.15) is 0 Å². The van der Waals surface area contributed by atoms with E-state index in [1.165, 1.54) is 19.4 Å². The molecule has 1 aromatic rings. The molecule has 1 aliphatic heterocycles. The molecular formula is C20H34N4O2. The number of aliphatic imine (C=N–C) groups is 1. The van der Waals surface area contributed by atoms with E-state index in [4.69, 9.17) is 4.74 Å². The van der Waals surface area contributed by atoms with E-state index < -0.39 is 0 Å². The van der Waals surface area contributed by atoms with Crippen LogP contribution in [0.1, 0.15) is 45.1 Å². The zero-order chi connectivity index (χ0) is 18.8. The van der Waals surface area contributed by atoms with E-state index in [0.29, 0.717) is 18.3 Å². The highest BCUT2D eigenvalue weighted by atomic mass is 16.5. The topological polar surface area (TPSA) is 69.1 Å². The number of likely N-dealkylation sites (tertiary alicyclic amines) is 1. The molecule has 146 valence electrons. The summed E-state index contributed by atoms with van der Waals surface area (Å²) in [5.74, 6) is 1.45. The predicted molar refractivity (Wildman–Crippen MR) is 107 cm³/mol. The van der Waals surface area contributed by atoms with Gasteiger partial charge in [0.25, 0.3) is 0 Å². The van der Waals surface area contributed by atoms with Gasteiger partial charge in [-0.1, -0.05) is 25.5 Å². The molecule has 1 saturated heterocycles. The second kappa shape index (κ2) is 10.9. The third kappa shape index (κ3) is 6.09. The molecule has 1 aromatic carbocycles. The number of rotatable bonds is 8. The summed E-state index contributed by atoms with van der Waals surface area (Å²) in [6.07, 6.45) is 4.82. The molecule has 6 heteroatoms. The molecule has 6 nitrogen and oxygen atoms in total. The normalized spacial score (nSPS) is 16.5. The summed E-state index contributed by atoms with van der Waals surface area (Å²) in [5.41, 5.74) is 0.760. The zero-order valence-electron chi connectivity index (χ0n) is 16.4. The average Bonchev–Trinajstić information content (AvgIpc) is 2.66. The summed E-state index contributed by atoms with van der Waals surface area (Å²) in [4.78, 5) is 7.20. The van der Waals surface area contributed by atoms with Crippen LogP contribution < -0.4 is 15.4 Å². The van der Waals surface area contributed by atoms with Gasteiger partial charge in [-0.25, -0.2) is 4.99 Å². The number of guanidine groups is 1. The van der Waals surface area contributed by atoms with Gasteiger partial charge < -0.3 is 25.4 Å². The van der Waals surface area contributed by atoms with Crippen LogP contribution >= 0.6 is 0 Å². The van der Waals surface area contributed by atoms with Crippen molar-refractivity contribution in [2.24, 2.45) is 4.99 Å². The molecule has 0 amide bonds. The highest BCUT2D eigenvalue weighted by molar-refractivity contribution is 5.80. The number of unbranched alkanes of at least 4 members (excludes halogenated alkanes) is 1. The van der Waals surface area contributed by atoms with Crippen LogP contribution in [-0.4, -0.2) is 55.3 Å². The molecule has 0 unspecified atom stereocenters. The number of piperidine rings is 1. The molecule has 0 spiro atoms. The van der Waals surface area contributed by atoms with Crippen LogP contribution in [0.3, 0.4) is 0 Å². The zero-order valence-corrected chi connectivity index (χ0v) is 16.4. The number of hydrogen-bond donors (Lipinski definition) is 3. The van der Waals surface area contributed by atoms with E-state index in [1.807, 2.05) is 12.1 Å². The first-order chi connectivity index (χ1) is 12.7. The number of aromatic hydroxyl groups is 1. The number of nitrogens with zero attached hydrogens (tertiary/aromatic N) is 2. The van der Waals surface area contributed by atoms with Crippen LogP contribution in [0.4, 0.5) is 0 Å². The van der Waals surface area contributed by atoms with E-state index in [9.17, 15) is 5.11 Å². The van der Waals surface area contributed by atoms with Gasteiger partial charge in [-0.3, -0.25) is 0 Å². The lowest BCUT2D eigenvalue weighted by Crippen LogP contribution is -2.48. The Hall–Kier alpha value is -1.95. The van der Waals surface area contributed by atoms with Gasteiger partial charge in [0, 0.05) is 31.2 Å². The highest BCUT2D eigenvalue weighted by Crippen LogP contribution is 2.29. The Morgan fingerprint density at radius 3 is 2.73 bits per heavy atom. The van der Waals surface area contributed by atoms with E-state index in [1.54, 1.807) is 13.2 Å². The Bertz CT molecular complexity index is 569. The predicted octanol–water partition coefficient (Wildman–Crippen LogP) is 2.72. The van der Waals surface area contributed by atoms with Crippen molar-refractivity contribution in [1.82, 2.24) is 15.5 Å². The van der Waals surface area contributed by atoms with Crippen LogP contribution in [0.2, 0.25) is 0 Å². The Morgan fingerprint density at radius 1 is 1.31 bits per heavy atom. The van der Waals surface area contributed by atoms with E-state index in [2.05, 4.69) is 34.4 Å². The molecular weight excluding hydrogens is 328 g/mol. The fraction of sp³-hybridized carbons (Fsp3) is 0.650. The fourth-order valence-electron chi connectivity index (χ4n) is 3.22. The van der Waals surface area contributed by atoms with Gasteiger partial charge in [-0.05, 0) is 38.8 Å². The third-order valence-electron chi connectivity index (χ3n) is 4.81. The molecule has 0 aliphatic carbocycles. The van der Waals surface area contributed by atoms with Crippen LogP contribution in [0.5, 0.6) is 11.5 Å². The maximum atomic E-state index is 10.2. The standard InChI is InChI=1S/C20H34N4O2/c1-4-6-12-24-13-10-17(11-14-24)23-20(21-5-2)22-15-16-8-7-9-18(26-3)19(16)25/h7-9,17,25H,4-6,10-15H2,1-3H3,(H2,21,22,23). The largest absolute Gasteiger partial charge is 0.504 e. The van der Waals surface area contributed by atoms with Crippen LogP contribution in [0.25, 0.3) is 0 Å². The van der Waals surface area contributed by atoms with Gasteiger partial charge in [-0.15, -0.1) is 0 Å². The van der Waals surface area contributed by atoms with Crippen LogP contribution in [0.15, 0.2) is 23.2 Å². The Morgan fingerprint density at radius 2 is 2.08 bits per heavy atom. The number of ether oxygens (including phenoxy) is 1. The summed E-state index contributed by atoms with van der Waals surface area (Å²) >= 11 is 0. The summed E-state index contributed by atoms with van der Waals surface area (Å²) in [6, 6.07) is 5.94. The monoisotopic (exact) mass is 362 g/mol. The van der Waals surface area contributed by atoms with Crippen molar-refractivity contribution < 1.29 is 9.84 Å². The van der Waals surface area contributed by atoms with Crippen molar-refractivity contribution in [2.45, 2.75) is 52.1 Å². The molecule has 1 fully saturated rings. The summed E-state index contributed by atoms with van der Waals surface area (Å²) in [5, 5.41) is 17.1. The van der Waals surface area contributed by atoms with Crippen molar-refractivity contribution in [3.63, 3.8) is 0 Å². The van der Waals surface area contributed by atoms with Crippen LogP contribution in [-0.2, 0) is 6.54 Å². The number of benzene rings is 1. The summed E-state index contributed by atoms with van der Waals surface area (Å²) < 4.78 is 5.17. The molecule has 2 rings (SSSR count). The van der Waals surface area contributed by atoms with Crippen molar-refractivity contribution in [3.8, 4) is 11.5 Å². The molecule has 0 aromatic heterocycles. The lowest BCUT2D eigenvalue weighted by atomic mass is 10.0. The minimum atomic E-state index is 0.166. The number of nitrogens with one attached hydrogen (secondary N) is 2. The first kappa shape index (κ1) is 20.4. The van der Waals surface area contributed by atoms with Gasteiger partial charge in [0.05, 0.1) is 13.7 Å². The molecule has 0 bridgehead atoms. The summed E-state index contributed by atoms with van der Waals surface area (Å²) in [7, 11) is 1.56. The number of phenolic OH excluding ortho intramolecular Hbond substituents is 1. The highest BCUT2D eigenvalue weighted by Gasteiger charge is 2.19. The second-order valence-electron chi connectivity index (χ2n) is 6.78. The smallest absolute Gasteiger partial charge is 0.191 e. The van der Waals surface area contributed by atoms with Crippen molar-refractivity contribution in [3.05, 3.63) is 23.8 Å².